The number of rotatable bonds is 3. The Kier molecular flexibility index (Phi) is 3.91. The van der Waals surface area contributed by atoms with Gasteiger partial charge in [0.25, 0.3) is 5.56 Å². The minimum absolute atomic E-state index is 0.518. The molecule has 0 aliphatic carbocycles. The van der Waals surface area contributed by atoms with Gasteiger partial charge in [0.2, 0.25) is 0 Å². The lowest BCUT2D eigenvalue weighted by atomic mass is 10.0. The van der Waals surface area contributed by atoms with Gasteiger partial charge < -0.3 is 20.1 Å². The lowest BCUT2D eigenvalue weighted by molar-refractivity contribution is -0.115. The molecular formula is C12H16N2O6. The van der Waals surface area contributed by atoms with Crippen LogP contribution in [0.5, 0.6) is 0 Å². The highest BCUT2D eigenvalue weighted by Crippen LogP contribution is 2.35. The summed E-state index contributed by atoms with van der Waals surface area (Å²) in [7, 11) is 0. The number of aromatic amines is 1. The molecule has 0 unspecified atom stereocenters. The van der Waals surface area contributed by atoms with Gasteiger partial charge in [0, 0.05) is 12.3 Å². The third-order valence-corrected chi connectivity index (χ3v) is 3.25. The number of aliphatic hydroxyl groups excluding tert-OH is 3. The molecule has 4 N–H and O–H groups in total. The lowest BCUT2D eigenvalue weighted by Crippen LogP contribution is -2.50. The van der Waals surface area contributed by atoms with E-state index in [-0.39, 0.29) is 0 Å². The Morgan fingerprint density at radius 3 is 2.70 bits per heavy atom. The zero-order valence-electron chi connectivity index (χ0n) is 10.8. The van der Waals surface area contributed by atoms with Crippen LogP contribution in [0.4, 0.5) is 0 Å². The Morgan fingerprint density at radius 1 is 1.50 bits per heavy atom. The first-order valence-electron chi connectivity index (χ1n) is 6.07. The Morgan fingerprint density at radius 2 is 2.20 bits per heavy atom. The normalized spacial score (nSPS) is 33.9. The summed E-state index contributed by atoms with van der Waals surface area (Å²) in [5, 5.41) is 29.2. The standard InChI is InChI=1S/C12H16N2O6/c1-2-4-12(10(18)9(17)7(6-15)20-12)14-5-3-8(16)13-11(14)19/h2-5,7,9-10,15,17-18H,6H2,1H3,(H,13,16,19)/t7-,9-,10-,12-/m1/s1. The topological polar surface area (TPSA) is 125 Å². The first-order valence-corrected chi connectivity index (χ1v) is 6.07. The van der Waals surface area contributed by atoms with E-state index in [1.54, 1.807) is 6.92 Å². The van der Waals surface area contributed by atoms with Gasteiger partial charge in [0.05, 0.1) is 6.61 Å². The third-order valence-electron chi connectivity index (χ3n) is 3.25. The van der Waals surface area contributed by atoms with Crippen LogP contribution in [0.15, 0.2) is 34.0 Å². The molecule has 0 saturated carbocycles. The molecule has 4 atom stereocenters. The van der Waals surface area contributed by atoms with E-state index in [9.17, 15) is 19.8 Å². The number of nitrogens with zero attached hydrogens (tertiary/aromatic N) is 1. The monoisotopic (exact) mass is 284 g/mol. The number of aliphatic hydroxyl groups is 3. The first-order chi connectivity index (χ1) is 9.46. The molecule has 20 heavy (non-hydrogen) atoms. The zero-order valence-corrected chi connectivity index (χ0v) is 10.8. The maximum atomic E-state index is 11.9. The minimum atomic E-state index is -1.68. The molecule has 1 aromatic rings. The molecule has 1 saturated heterocycles. The minimum Gasteiger partial charge on any atom is -0.394 e. The number of aromatic nitrogens is 2. The average Bonchev–Trinajstić information content (AvgIpc) is 2.65. The molecule has 0 spiro atoms. The second-order valence-corrected chi connectivity index (χ2v) is 4.51. The highest BCUT2D eigenvalue weighted by molar-refractivity contribution is 5.11. The van der Waals surface area contributed by atoms with E-state index in [0.29, 0.717) is 0 Å². The summed E-state index contributed by atoms with van der Waals surface area (Å²) in [6.45, 7) is 1.13. The molecule has 1 aliphatic rings. The van der Waals surface area contributed by atoms with Gasteiger partial charge in [0.1, 0.15) is 18.3 Å². The van der Waals surface area contributed by atoms with E-state index in [1.807, 2.05) is 4.98 Å². The van der Waals surface area contributed by atoms with Crippen LogP contribution >= 0.6 is 0 Å². The van der Waals surface area contributed by atoms with E-state index in [1.165, 1.54) is 12.2 Å². The van der Waals surface area contributed by atoms with Crippen molar-refractivity contribution in [2.45, 2.75) is 31.0 Å². The van der Waals surface area contributed by atoms with Crippen LogP contribution in [0, 0.1) is 0 Å². The van der Waals surface area contributed by atoms with Crippen molar-refractivity contribution < 1.29 is 20.1 Å². The van der Waals surface area contributed by atoms with Gasteiger partial charge in [0.15, 0.2) is 5.72 Å². The smallest absolute Gasteiger partial charge is 0.331 e. The van der Waals surface area contributed by atoms with Gasteiger partial charge in [-0.1, -0.05) is 6.08 Å². The molecule has 8 nitrogen and oxygen atoms in total. The fourth-order valence-corrected chi connectivity index (χ4v) is 2.32. The van der Waals surface area contributed by atoms with E-state index in [4.69, 9.17) is 9.84 Å². The fourth-order valence-electron chi connectivity index (χ4n) is 2.32. The quantitative estimate of drug-likeness (QED) is 0.470. The predicted octanol–water partition coefficient (Wildman–Crippen LogP) is -2.12. The number of hydrogen-bond acceptors (Lipinski definition) is 6. The van der Waals surface area contributed by atoms with E-state index < -0.39 is 41.9 Å². The Balaban J connectivity index is 2.62. The summed E-state index contributed by atoms with van der Waals surface area (Å²) in [6.07, 6.45) is 0.204. The second kappa shape index (κ2) is 5.33. The Bertz CT molecular complexity index is 621. The van der Waals surface area contributed by atoms with Gasteiger partial charge >= 0.3 is 5.69 Å². The lowest BCUT2D eigenvalue weighted by Gasteiger charge is -2.30. The number of H-pyrrole nitrogens is 1. The third kappa shape index (κ3) is 2.12. The first kappa shape index (κ1) is 14.7. The van der Waals surface area contributed by atoms with Crippen LogP contribution < -0.4 is 11.2 Å². The summed E-state index contributed by atoms with van der Waals surface area (Å²) in [4.78, 5) is 25.0. The van der Waals surface area contributed by atoms with Crippen LogP contribution in [0.3, 0.4) is 0 Å². The number of allylic oxidation sites excluding steroid dienone is 1. The molecular weight excluding hydrogens is 268 g/mol. The largest absolute Gasteiger partial charge is 0.394 e. The zero-order chi connectivity index (χ0) is 14.9. The molecule has 110 valence electrons. The average molecular weight is 284 g/mol. The maximum absolute atomic E-state index is 11.9. The van der Waals surface area contributed by atoms with Gasteiger partial charge in [-0.25, -0.2) is 4.79 Å². The second-order valence-electron chi connectivity index (χ2n) is 4.51. The highest BCUT2D eigenvalue weighted by Gasteiger charge is 2.54. The molecule has 0 aromatic carbocycles. The molecule has 2 rings (SSSR count). The predicted molar refractivity (Wildman–Crippen MR) is 68.1 cm³/mol. The van der Waals surface area contributed by atoms with Crippen molar-refractivity contribution in [2.75, 3.05) is 6.61 Å². The van der Waals surface area contributed by atoms with Crippen LogP contribution in [0.2, 0.25) is 0 Å². The highest BCUT2D eigenvalue weighted by atomic mass is 16.6. The number of nitrogens with one attached hydrogen (secondary N) is 1. The fraction of sp³-hybridized carbons (Fsp3) is 0.500. The molecule has 0 bridgehead atoms. The molecule has 1 aromatic heterocycles. The van der Waals surface area contributed by atoms with Crippen molar-refractivity contribution in [1.29, 1.82) is 0 Å². The molecule has 8 heteroatoms. The van der Waals surface area contributed by atoms with Crippen molar-refractivity contribution in [3.63, 3.8) is 0 Å². The number of hydrogen-bond donors (Lipinski definition) is 4. The molecule has 0 radical (unpaired) electrons. The van der Waals surface area contributed by atoms with Crippen LogP contribution in [-0.2, 0) is 10.5 Å². The Hall–Kier alpha value is -1.74. The molecule has 2 heterocycles. The molecule has 1 fully saturated rings. The molecule has 1 aliphatic heterocycles. The van der Waals surface area contributed by atoms with Crippen molar-refractivity contribution in [1.82, 2.24) is 9.55 Å². The van der Waals surface area contributed by atoms with Gasteiger partial charge in [-0.05, 0) is 13.0 Å². The van der Waals surface area contributed by atoms with E-state index in [2.05, 4.69) is 0 Å². The van der Waals surface area contributed by atoms with Crippen LogP contribution in [0.25, 0.3) is 0 Å². The van der Waals surface area contributed by atoms with Crippen LogP contribution in [-0.4, -0.2) is 49.8 Å². The van der Waals surface area contributed by atoms with Crippen molar-refractivity contribution in [3.05, 3.63) is 45.3 Å². The van der Waals surface area contributed by atoms with E-state index in [0.717, 1.165) is 16.8 Å². The van der Waals surface area contributed by atoms with Gasteiger partial charge in [-0.2, -0.15) is 0 Å². The molecule has 0 amide bonds. The Labute approximate surface area is 113 Å². The van der Waals surface area contributed by atoms with E-state index >= 15 is 0 Å². The van der Waals surface area contributed by atoms with Crippen molar-refractivity contribution in [3.8, 4) is 0 Å². The van der Waals surface area contributed by atoms with Crippen molar-refractivity contribution >= 4 is 0 Å². The summed E-state index contributed by atoms with van der Waals surface area (Å²) in [6, 6.07) is 1.10. The van der Waals surface area contributed by atoms with Gasteiger partial charge in [-0.15, -0.1) is 0 Å². The van der Waals surface area contributed by atoms with Gasteiger partial charge in [-0.3, -0.25) is 14.3 Å². The summed E-state index contributed by atoms with van der Waals surface area (Å²) in [5.74, 6) is 0. The summed E-state index contributed by atoms with van der Waals surface area (Å²) in [5.41, 5.74) is -3.06. The SMILES string of the molecule is CC=C[C@@]1(n2ccc(=O)[nH]c2=O)O[C@H](CO)[C@@H](O)[C@H]1O. The van der Waals surface area contributed by atoms with Crippen molar-refractivity contribution in [2.24, 2.45) is 0 Å². The summed E-state index contributed by atoms with van der Waals surface area (Å²) >= 11 is 0. The maximum Gasteiger partial charge on any atom is 0.331 e. The number of ether oxygens (including phenoxy) is 1. The summed E-state index contributed by atoms with van der Waals surface area (Å²) < 4.78 is 6.44. The van der Waals surface area contributed by atoms with Crippen LogP contribution in [0.1, 0.15) is 6.92 Å².